The standard InChI is InChI=1S/C23H26ClN7O4S2/c1-13-12-36-20(27-13)9-19-28-29-23(31(19)21-17(34-4)7-6-8-18(21)35-5)30-37(32,33)15(3)14(2)22-25-10-16(24)11-26-22/h6-8,10-12,14-15H,9H2,1-5H3,(H,29,30)/t14-,15-/m0/s1. The monoisotopic (exact) mass is 563 g/mol. The maximum Gasteiger partial charge on any atom is 0.243 e. The molecule has 1 aromatic carbocycles. The van der Waals surface area contributed by atoms with E-state index in [1.54, 1.807) is 36.6 Å². The maximum atomic E-state index is 13.5. The van der Waals surface area contributed by atoms with E-state index < -0.39 is 21.2 Å². The summed E-state index contributed by atoms with van der Waals surface area (Å²) in [5, 5.41) is 10.7. The summed E-state index contributed by atoms with van der Waals surface area (Å²) in [7, 11) is -0.937. The molecule has 0 bridgehead atoms. The summed E-state index contributed by atoms with van der Waals surface area (Å²) in [5.41, 5.74) is 1.34. The smallest absolute Gasteiger partial charge is 0.243 e. The normalized spacial score (nSPS) is 13.2. The number of hydrogen-bond acceptors (Lipinski definition) is 10. The zero-order valence-corrected chi connectivity index (χ0v) is 23.2. The number of hydrogen-bond donors (Lipinski definition) is 1. The summed E-state index contributed by atoms with van der Waals surface area (Å²) >= 11 is 7.36. The van der Waals surface area contributed by atoms with Crippen LogP contribution in [0.15, 0.2) is 36.0 Å². The van der Waals surface area contributed by atoms with Crippen LogP contribution in [-0.4, -0.2) is 57.6 Å². The molecule has 0 aliphatic rings. The molecule has 14 heteroatoms. The van der Waals surface area contributed by atoms with Gasteiger partial charge in [0.2, 0.25) is 16.0 Å². The second-order valence-corrected chi connectivity index (χ2v) is 11.7. The summed E-state index contributed by atoms with van der Waals surface area (Å²) in [5.74, 6) is 1.16. The lowest BCUT2D eigenvalue weighted by Crippen LogP contribution is -2.31. The van der Waals surface area contributed by atoms with E-state index in [9.17, 15) is 8.42 Å². The Labute approximate surface area is 223 Å². The van der Waals surface area contributed by atoms with Gasteiger partial charge in [0.25, 0.3) is 0 Å². The second-order valence-electron chi connectivity index (χ2n) is 8.25. The van der Waals surface area contributed by atoms with Gasteiger partial charge in [0, 0.05) is 29.4 Å². The van der Waals surface area contributed by atoms with Crippen molar-refractivity contribution in [3.63, 3.8) is 0 Å². The highest BCUT2D eigenvalue weighted by Crippen LogP contribution is 2.36. The number of methoxy groups -OCH3 is 2. The fourth-order valence-corrected chi connectivity index (χ4v) is 5.76. The summed E-state index contributed by atoms with van der Waals surface area (Å²) in [6.45, 7) is 5.21. The summed E-state index contributed by atoms with van der Waals surface area (Å²) in [4.78, 5) is 12.9. The Balaban J connectivity index is 1.77. The molecule has 1 N–H and O–H groups in total. The zero-order chi connectivity index (χ0) is 26.7. The average molecular weight is 564 g/mol. The first-order valence-corrected chi connectivity index (χ1v) is 14.0. The molecule has 4 aromatic rings. The number of thiazole rings is 1. The van der Waals surface area contributed by atoms with Crippen LogP contribution in [0.4, 0.5) is 5.95 Å². The van der Waals surface area contributed by atoms with Crippen molar-refractivity contribution in [3.05, 3.63) is 63.3 Å². The maximum absolute atomic E-state index is 13.5. The molecule has 0 fully saturated rings. The molecule has 2 atom stereocenters. The third-order valence-corrected chi connectivity index (χ3v) is 8.82. The van der Waals surface area contributed by atoms with Gasteiger partial charge in [0.05, 0.1) is 30.9 Å². The van der Waals surface area contributed by atoms with Crippen LogP contribution in [-0.2, 0) is 16.4 Å². The van der Waals surface area contributed by atoms with Gasteiger partial charge in [-0.2, -0.15) is 0 Å². The van der Waals surface area contributed by atoms with Crippen LogP contribution in [0, 0.1) is 6.92 Å². The highest BCUT2D eigenvalue weighted by Gasteiger charge is 2.32. The number of halogens is 1. The van der Waals surface area contributed by atoms with Gasteiger partial charge in [0.1, 0.15) is 33.8 Å². The first kappa shape index (κ1) is 26.8. The van der Waals surface area contributed by atoms with Crippen LogP contribution < -0.4 is 14.2 Å². The fraction of sp³-hybridized carbons (Fsp3) is 0.348. The van der Waals surface area contributed by atoms with Gasteiger partial charge in [-0.3, -0.25) is 9.29 Å². The molecule has 4 rings (SSSR count). The number of para-hydroxylation sites is 1. The van der Waals surface area contributed by atoms with E-state index in [2.05, 4.69) is 29.9 Å². The van der Waals surface area contributed by atoms with Crippen molar-refractivity contribution < 1.29 is 17.9 Å². The van der Waals surface area contributed by atoms with Crippen LogP contribution in [0.5, 0.6) is 11.5 Å². The molecule has 0 aliphatic carbocycles. The first-order valence-electron chi connectivity index (χ1n) is 11.2. The molecule has 0 unspecified atom stereocenters. The van der Waals surface area contributed by atoms with Gasteiger partial charge >= 0.3 is 0 Å². The van der Waals surface area contributed by atoms with Crippen molar-refractivity contribution in [1.82, 2.24) is 29.7 Å². The SMILES string of the molecule is COc1cccc(OC)c1-n1c(Cc2nc(C)cs2)nnc1NS(=O)(=O)[C@@H](C)[C@H](C)c1ncc(Cl)cn1. The highest BCUT2D eigenvalue weighted by atomic mass is 35.5. The summed E-state index contributed by atoms with van der Waals surface area (Å²) in [6.07, 6.45) is 3.19. The molecule has 11 nitrogen and oxygen atoms in total. The van der Waals surface area contributed by atoms with Crippen LogP contribution in [0.3, 0.4) is 0 Å². The molecule has 0 saturated heterocycles. The van der Waals surface area contributed by atoms with Gasteiger partial charge in [-0.1, -0.05) is 24.6 Å². The van der Waals surface area contributed by atoms with Crippen LogP contribution in [0.2, 0.25) is 5.02 Å². The lowest BCUT2D eigenvalue weighted by atomic mass is 10.1. The van der Waals surface area contributed by atoms with Gasteiger partial charge in [-0.15, -0.1) is 21.5 Å². The van der Waals surface area contributed by atoms with Gasteiger partial charge in [-0.05, 0) is 26.0 Å². The predicted octanol–water partition coefficient (Wildman–Crippen LogP) is 4.02. The van der Waals surface area contributed by atoms with Gasteiger partial charge in [0.15, 0.2) is 0 Å². The Hall–Kier alpha value is -3.29. The molecule has 196 valence electrons. The molecule has 0 saturated carbocycles. The highest BCUT2D eigenvalue weighted by molar-refractivity contribution is 7.93. The number of sulfonamides is 1. The van der Waals surface area contributed by atoms with Crippen molar-refractivity contribution in [1.29, 1.82) is 0 Å². The van der Waals surface area contributed by atoms with Gasteiger partial charge < -0.3 is 9.47 Å². The molecule has 0 amide bonds. The first-order chi connectivity index (χ1) is 17.6. The minimum atomic E-state index is -3.98. The Kier molecular flexibility index (Phi) is 7.95. The van der Waals surface area contributed by atoms with E-state index >= 15 is 0 Å². The summed E-state index contributed by atoms with van der Waals surface area (Å²) < 4.78 is 42.4. The number of benzene rings is 1. The Morgan fingerprint density at radius 1 is 1.11 bits per heavy atom. The number of rotatable bonds is 10. The fourth-order valence-electron chi connectivity index (χ4n) is 3.66. The Morgan fingerprint density at radius 3 is 2.32 bits per heavy atom. The lowest BCUT2D eigenvalue weighted by molar-refractivity contribution is 0.391. The molecular weight excluding hydrogens is 538 g/mol. The van der Waals surface area contributed by atoms with Crippen LogP contribution in [0.25, 0.3) is 5.69 Å². The third-order valence-electron chi connectivity index (χ3n) is 5.81. The minimum Gasteiger partial charge on any atom is -0.494 e. The van der Waals surface area contributed by atoms with Crippen molar-refractivity contribution in [2.24, 2.45) is 0 Å². The molecule has 3 aromatic heterocycles. The van der Waals surface area contributed by atoms with Gasteiger partial charge in [-0.25, -0.2) is 23.4 Å². The number of aromatic nitrogens is 6. The second kappa shape index (κ2) is 11.0. The largest absolute Gasteiger partial charge is 0.494 e. The number of ether oxygens (including phenoxy) is 2. The van der Waals surface area contributed by atoms with E-state index in [-0.39, 0.29) is 5.95 Å². The molecule has 3 heterocycles. The van der Waals surface area contributed by atoms with E-state index in [0.717, 1.165) is 10.7 Å². The Morgan fingerprint density at radius 2 is 1.76 bits per heavy atom. The molecule has 37 heavy (non-hydrogen) atoms. The molecular formula is C23H26ClN7O4S2. The topological polar surface area (TPSA) is 134 Å². The van der Waals surface area contributed by atoms with Crippen LogP contribution >= 0.6 is 22.9 Å². The van der Waals surface area contributed by atoms with E-state index in [4.69, 9.17) is 21.1 Å². The number of aryl methyl sites for hydroxylation is 1. The molecule has 0 aliphatic heterocycles. The van der Waals surface area contributed by atoms with E-state index in [1.165, 1.54) is 38.0 Å². The molecule has 0 spiro atoms. The van der Waals surface area contributed by atoms with Crippen molar-refractivity contribution in [3.8, 4) is 17.2 Å². The number of nitrogens with one attached hydrogen (secondary N) is 1. The third kappa shape index (κ3) is 5.68. The lowest BCUT2D eigenvalue weighted by Gasteiger charge is -2.21. The molecule has 0 radical (unpaired) electrons. The quantitative estimate of drug-likeness (QED) is 0.303. The average Bonchev–Trinajstić information content (AvgIpc) is 3.47. The number of nitrogens with zero attached hydrogens (tertiary/aromatic N) is 6. The van der Waals surface area contributed by atoms with Crippen molar-refractivity contribution in [2.45, 2.75) is 38.4 Å². The predicted molar refractivity (Wildman–Crippen MR) is 142 cm³/mol. The number of anilines is 1. The zero-order valence-electron chi connectivity index (χ0n) is 20.8. The minimum absolute atomic E-state index is 0.0119. The van der Waals surface area contributed by atoms with Crippen molar-refractivity contribution in [2.75, 3.05) is 18.9 Å². The summed E-state index contributed by atoms with van der Waals surface area (Å²) in [6, 6.07) is 5.27. The van der Waals surface area contributed by atoms with E-state index in [0.29, 0.717) is 40.3 Å². The van der Waals surface area contributed by atoms with Crippen LogP contribution in [0.1, 0.15) is 42.1 Å². The van der Waals surface area contributed by atoms with Crippen molar-refractivity contribution >= 4 is 38.9 Å². The Bertz CT molecular complexity index is 1470. The van der Waals surface area contributed by atoms with E-state index in [1.807, 2.05) is 12.3 Å².